The highest BCUT2D eigenvalue weighted by molar-refractivity contribution is 6.32. The maximum absolute atomic E-state index is 13.3. The summed E-state index contributed by atoms with van der Waals surface area (Å²) in [7, 11) is 0. The van der Waals surface area contributed by atoms with E-state index in [0.29, 0.717) is 5.56 Å². The third-order valence-electron chi connectivity index (χ3n) is 6.44. The zero-order chi connectivity index (χ0) is 28.1. The lowest BCUT2D eigenvalue weighted by Gasteiger charge is -2.31. The number of hydrogen-bond acceptors (Lipinski definition) is 7. The summed E-state index contributed by atoms with van der Waals surface area (Å²) >= 11 is 12.6. The number of fused-ring (bicyclic) bond motifs is 1. The molecule has 2 heterocycles. The maximum Gasteiger partial charge on any atom is 0.245 e. The van der Waals surface area contributed by atoms with E-state index in [-0.39, 0.29) is 13.0 Å². The number of halogens is 2. The number of benzene rings is 1. The maximum atomic E-state index is 13.3. The first-order chi connectivity index (χ1) is 17.9. The van der Waals surface area contributed by atoms with Crippen LogP contribution in [-0.4, -0.2) is 98.8 Å². The Hall–Kier alpha value is -2.93. The summed E-state index contributed by atoms with van der Waals surface area (Å²) in [6.45, 7) is 1.80. The molecule has 0 unspecified atom stereocenters. The molecule has 12 nitrogen and oxygen atoms in total. The minimum absolute atomic E-state index is 0.0896. The lowest BCUT2D eigenvalue weighted by atomic mass is 10.0. The third kappa shape index (κ3) is 6.73. The Morgan fingerprint density at radius 2 is 1.63 bits per heavy atom. The van der Waals surface area contributed by atoms with Crippen molar-refractivity contribution in [2.75, 3.05) is 13.2 Å². The van der Waals surface area contributed by atoms with Crippen LogP contribution >= 0.6 is 23.2 Å². The van der Waals surface area contributed by atoms with Crippen LogP contribution in [0.4, 0.5) is 0 Å². The van der Waals surface area contributed by atoms with Crippen LogP contribution in [0.5, 0.6) is 0 Å². The van der Waals surface area contributed by atoms with Gasteiger partial charge in [-0.25, -0.2) is 0 Å². The Bertz CT molecular complexity index is 1060. The number of rotatable bonds is 3. The molecule has 2 aliphatic heterocycles. The zero-order valence-electron chi connectivity index (χ0n) is 20.8. The summed E-state index contributed by atoms with van der Waals surface area (Å²) in [6.07, 6.45) is -1.68. The van der Waals surface area contributed by atoms with Gasteiger partial charge in [0.05, 0.1) is 35.9 Å². The van der Waals surface area contributed by atoms with E-state index in [1.54, 1.807) is 30.3 Å². The van der Waals surface area contributed by atoms with Crippen molar-refractivity contribution in [3.63, 3.8) is 0 Å². The highest BCUT2D eigenvalue weighted by atomic mass is 35.5. The predicted octanol–water partition coefficient (Wildman–Crippen LogP) is -1.48. The average molecular weight is 572 g/mol. The van der Waals surface area contributed by atoms with E-state index in [9.17, 15) is 34.2 Å². The van der Waals surface area contributed by atoms with Crippen molar-refractivity contribution >= 4 is 52.7 Å². The van der Waals surface area contributed by atoms with Crippen molar-refractivity contribution in [3.8, 4) is 0 Å². The second-order valence-corrected chi connectivity index (χ2v) is 10.4. The van der Waals surface area contributed by atoms with E-state index in [2.05, 4.69) is 21.3 Å². The van der Waals surface area contributed by atoms with Gasteiger partial charge < -0.3 is 36.4 Å². The van der Waals surface area contributed by atoms with Crippen LogP contribution in [0, 0.1) is 0 Å². The van der Waals surface area contributed by atoms with Crippen molar-refractivity contribution in [3.05, 3.63) is 35.9 Å². The molecule has 0 bridgehead atoms. The van der Waals surface area contributed by atoms with Crippen molar-refractivity contribution in [1.82, 2.24) is 26.2 Å². The second kappa shape index (κ2) is 12.7. The van der Waals surface area contributed by atoms with Gasteiger partial charge in [-0.05, 0) is 19.4 Å². The van der Waals surface area contributed by atoms with Crippen molar-refractivity contribution in [2.45, 2.75) is 67.3 Å². The van der Waals surface area contributed by atoms with Crippen molar-refractivity contribution in [2.24, 2.45) is 0 Å². The molecule has 5 amide bonds. The molecule has 2 fully saturated rings. The molecule has 38 heavy (non-hydrogen) atoms. The zero-order valence-corrected chi connectivity index (χ0v) is 22.3. The van der Waals surface area contributed by atoms with Crippen LogP contribution in [0.25, 0.3) is 0 Å². The van der Waals surface area contributed by atoms with Gasteiger partial charge in [0, 0.05) is 6.54 Å². The van der Waals surface area contributed by atoms with Crippen LogP contribution in [0.3, 0.4) is 0 Å². The largest absolute Gasteiger partial charge is 0.394 e. The van der Waals surface area contributed by atoms with Crippen LogP contribution in [-0.2, 0) is 24.0 Å². The Balaban J connectivity index is 2.00. The Kier molecular flexibility index (Phi) is 9.94. The van der Waals surface area contributed by atoms with Gasteiger partial charge in [0.25, 0.3) is 0 Å². The van der Waals surface area contributed by atoms with Crippen LogP contribution in [0.15, 0.2) is 30.3 Å². The van der Waals surface area contributed by atoms with Crippen LogP contribution in [0.2, 0.25) is 0 Å². The van der Waals surface area contributed by atoms with E-state index >= 15 is 0 Å². The van der Waals surface area contributed by atoms with Crippen LogP contribution < -0.4 is 21.3 Å². The summed E-state index contributed by atoms with van der Waals surface area (Å²) in [4.78, 5) is 66.5. The minimum atomic E-state index is -1.55. The molecule has 2 aliphatic rings. The van der Waals surface area contributed by atoms with E-state index in [1.165, 1.54) is 13.8 Å². The fourth-order valence-corrected chi connectivity index (χ4v) is 5.01. The summed E-state index contributed by atoms with van der Waals surface area (Å²) in [5.74, 6) is -3.82. The van der Waals surface area contributed by atoms with Gasteiger partial charge in [0.15, 0.2) is 0 Å². The molecule has 3 rings (SSSR count). The molecule has 0 spiro atoms. The fraction of sp³-hybridized carbons (Fsp3) is 0.542. The fourth-order valence-electron chi connectivity index (χ4n) is 4.39. The summed E-state index contributed by atoms with van der Waals surface area (Å²) in [6, 6.07) is 2.30. The van der Waals surface area contributed by atoms with Gasteiger partial charge in [0.2, 0.25) is 29.5 Å². The second-order valence-electron chi connectivity index (χ2n) is 9.33. The van der Waals surface area contributed by atoms with E-state index < -0.39 is 83.2 Å². The Labute approximate surface area is 229 Å². The molecule has 0 radical (unpaired) electrons. The van der Waals surface area contributed by atoms with Crippen LogP contribution in [0.1, 0.15) is 31.9 Å². The predicted molar refractivity (Wildman–Crippen MR) is 137 cm³/mol. The molecule has 0 aromatic heterocycles. The first kappa shape index (κ1) is 29.6. The number of hydrogen-bond donors (Lipinski definition) is 6. The molecule has 1 aromatic carbocycles. The number of carbonyl (C=O) groups is 5. The Morgan fingerprint density at radius 3 is 2.24 bits per heavy atom. The molecular formula is C24H31Cl2N5O7. The molecule has 1 aromatic rings. The van der Waals surface area contributed by atoms with Gasteiger partial charge in [-0.2, -0.15) is 0 Å². The lowest BCUT2D eigenvalue weighted by Crippen LogP contribution is -2.62. The highest BCUT2D eigenvalue weighted by Gasteiger charge is 2.48. The molecule has 0 aliphatic carbocycles. The van der Waals surface area contributed by atoms with Crippen molar-refractivity contribution in [1.29, 1.82) is 0 Å². The molecular weight excluding hydrogens is 541 g/mol. The summed E-state index contributed by atoms with van der Waals surface area (Å²) in [5.41, 5.74) is 0.572. The standard InChI is InChI=1S/C24H31Cl2N5O7/c1-11-24(38)31-9-14(25)18(26)20(31)23(37)30-19(12(2)33)22(36)29-16(10-32)21(35)28-15(8-17(34)27-11)13-6-4-3-5-7-13/h3-7,11-12,14-16,18-20,32-33H,8-10H2,1-2H3,(H,27,34)(H,28,35)(H,29,36)(H,30,37)/t11-,12-,14-,15-,16+,18-,19+,20+/m1/s1. The normalized spacial score (nSPS) is 32.5. The topological polar surface area (TPSA) is 177 Å². The number of amides is 5. The number of nitrogens with one attached hydrogen (secondary N) is 4. The molecule has 2 saturated heterocycles. The van der Waals surface area contributed by atoms with Gasteiger partial charge in [-0.1, -0.05) is 30.3 Å². The molecule has 6 N–H and O–H groups in total. The lowest BCUT2D eigenvalue weighted by molar-refractivity contribution is -0.142. The van der Waals surface area contributed by atoms with Gasteiger partial charge in [-0.3, -0.25) is 24.0 Å². The van der Waals surface area contributed by atoms with Gasteiger partial charge >= 0.3 is 0 Å². The summed E-state index contributed by atoms with van der Waals surface area (Å²) < 4.78 is 0. The smallest absolute Gasteiger partial charge is 0.245 e. The first-order valence-corrected chi connectivity index (χ1v) is 12.9. The number of nitrogens with zero attached hydrogens (tertiary/aromatic N) is 1. The number of alkyl halides is 2. The van der Waals surface area contributed by atoms with Gasteiger partial charge in [0.1, 0.15) is 24.2 Å². The first-order valence-electron chi connectivity index (χ1n) is 12.1. The quantitative estimate of drug-likeness (QED) is 0.239. The van der Waals surface area contributed by atoms with Crippen molar-refractivity contribution < 1.29 is 34.2 Å². The highest BCUT2D eigenvalue weighted by Crippen LogP contribution is 2.29. The minimum Gasteiger partial charge on any atom is -0.394 e. The Morgan fingerprint density at radius 1 is 0.974 bits per heavy atom. The van der Waals surface area contributed by atoms with Gasteiger partial charge in [-0.15, -0.1) is 23.2 Å². The van der Waals surface area contributed by atoms with E-state index in [1.807, 2.05) is 0 Å². The van der Waals surface area contributed by atoms with E-state index in [0.717, 1.165) is 4.90 Å². The number of aliphatic hydroxyl groups excluding tert-OH is 2. The molecule has 208 valence electrons. The average Bonchev–Trinajstić information content (AvgIpc) is 3.18. The molecule has 0 saturated carbocycles. The summed E-state index contributed by atoms with van der Waals surface area (Å²) in [5, 5.41) is 28.1. The molecule has 8 atom stereocenters. The SMILES string of the molecule is C[C@H]1NC(=O)C[C@H](c2ccccc2)NC(=O)[C@H](CO)NC(=O)[C@H]([C@@H](C)O)NC(=O)[C@@H]2[C@H](Cl)[C@H](Cl)CN2C1=O. The number of aliphatic hydroxyl groups is 2. The van der Waals surface area contributed by atoms with E-state index in [4.69, 9.17) is 23.2 Å². The third-order valence-corrected chi connectivity index (χ3v) is 7.52. The molecule has 14 heteroatoms. The monoisotopic (exact) mass is 571 g/mol. The number of carbonyl (C=O) groups excluding carboxylic acids is 5.